The number of ether oxygens (including phenoxy) is 1. The summed E-state index contributed by atoms with van der Waals surface area (Å²) in [4.78, 5) is 45.7. The maximum Gasteiger partial charge on any atom is 0.310 e. The molecule has 0 aromatic heterocycles. The third-order valence-electron chi connectivity index (χ3n) is 8.65. The fraction of sp³-hybridized carbons (Fsp3) is 0.594. The van der Waals surface area contributed by atoms with E-state index in [2.05, 4.69) is 20.1 Å². The summed E-state index contributed by atoms with van der Waals surface area (Å²) in [5, 5.41) is 10.6. The number of nitrogens with zero attached hydrogens (tertiary/aromatic N) is 2. The number of carbonyl (C=O) groups is 3. The van der Waals surface area contributed by atoms with Gasteiger partial charge in [0, 0.05) is 18.3 Å². The molecule has 8 heteroatoms. The van der Waals surface area contributed by atoms with Crippen molar-refractivity contribution in [3.8, 4) is 0 Å². The number of hydrogen-bond acceptors (Lipinski definition) is 6. The quantitative estimate of drug-likeness (QED) is 0.181. The molecule has 1 N–H and O–H groups in total. The van der Waals surface area contributed by atoms with Gasteiger partial charge in [-0.1, -0.05) is 55.8 Å². The van der Waals surface area contributed by atoms with Crippen LogP contribution in [0, 0.1) is 11.8 Å². The summed E-state index contributed by atoms with van der Waals surface area (Å²) < 4.78 is 5.01. The van der Waals surface area contributed by atoms with E-state index in [1.54, 1.807) is 27.6 Å². The van der Waals surface area contributed by atoms with Gasteiger partial charge in [-0.05, 0) is 50.5 Å². The second-order valence-corrected chi connectivity index (χ2v) is 12.8. The summed E-state index contributed by atoms with van der Waals surface area (Å²) in [6.45, 7) is 10.7. The van der Waals surface area contributed by atoms with E-state index in [0.717, 1.165) is 44.1 Å². The van der Waals surface area contributed by atoms with Crippen LogP contribution < -0.4 is 0 Å². The molecule has 1 aromatic carbocycles. The fourth-order valence-electron chi connectivity index (χ4n) is 6.80. The van der Waals surface area contributed by atoms with Crippen LogP contribution in [-0.4, -0.2) is 81.1 Å². The highest BCUT2D eigenvalue weighted by Gasteiger charge is 2.74. The van der Waals surface area contributed by atoms with Crippen molar-refractivity contribution in [3.63, 3.8) is 0 Å². The number of carbonyl (C=O) groups excluding carboxylic acids is 3. The zero-order valence-corrected chi connectivity index (χ0v) is 24.5. The number of likely N-dealkylation sites (tertiary alicyclic amines) is 1. The molecule has 4 rings (SSSR count). The maximum absolute atomic E-state index is 14.4. The molecule has 3 fully saturated rings. The minimum Gasteiger partial charge on any atom is -0.465 e. The molecule has 3 aliphatic heterocycles. The van der Waals surface area contributed by atoms with E-state index < -0.39 is 28.7 Å². The van der Waals surface area contributed by atoms with Crippen LogP contribution in [0.1, 0.15) is 57.4 Å². The van der Waals surface area contributed by atoms with Gasteiger partial charge in [-0.25, -0.2) is 0 Å². The fourth-order valence-corrected chi connectivity index (χ4v) is 8.98. The highest BCUT2D eigenvalue weighted by Crippen LogP contribution is 2.67. The van der Waals surface area contributed by atoms with Crippen molar-refractivity contribution in [1.29, 1.82) is 0 Å². The van der Waals surface area contributed by atoms with Gasteiger partial charge in [-0.15, -0.1) is 24.9 Å². The molecule has 3 saturated heterocycles. The first-order valence-corrected chi connectivity index (χ1v) is 15.6. The summed E-state index contributed by atoms with van der Waals surface area (Å²) in [6, 6.07) is 8.41. The molecule has 0 saturated carbocycles. The summed E-state index contributed by atoms with van der Waals surface area (Å²) in [6.07, 6.45) is 9.75. The van der Waals surface area contributed by atoms with Crippen molar-refractivity contribution in [1.82, 2.24) is 9.80 Å². The van der Waals surface area contributed by atoms with Crippen LogP contribution in [0.5, 0.6) is 0 Å². The molecule has 0 radical (unpaired) electrons. The number of thioether (sulfide) groups is 1. The van der Waals surface area contributed by atoms with Crippen molar-refractivity contribution in [2.24, 2.45) is 11.8 Å². The molecule has 218 valence electrons. The molecule has 3 aliphatic rings. The molecule has 1 aromatic rings. The number of fused-ring (bicyclic) bond motifs is 1. The Kier molecular flexibility index (Phi) is 10.5. The van der Waals surface area contributed by atoms with Crippen LogP contribution in [0.3, 0.4) is 0 Å². The Balaban J connectivity index is 1.68. The van der Waals surface area contributed by atoms with E-state index in [4.69, 9.17) is 4.74 Å². The lowest BCUT2D eigenvalue weighted by molar-refractivity contribution is -0.154. The number of allylic oxidation sites excluding steroid dienone is 1. The number of hydrogen-bond donors (Lipinski definition) is 1. The van der Waals surface area contributed by atoms with Gasteiger partial charge in [-0.3, -0.25) is 14.4 Å². The maximum atomic E-state index is 14.4. The topological polar surface area (TPSA) is 87.2 Å². The zero-order chi connectivity index (χ0) is 28.7. The van der Waals surface area contributed by atoms with Crippen LogP contribution in [0.25, 0.3) is 0 Å². The molecule has 6 atom stereocenters. The molecule has 7 nitrogen and oxygen atoms in total. The van der Waals surface area contributed by atoms with Crippen LogP contribution in [0.15, 0.2) is 55.6 Å². The Labute approximate surface area is 243 Å². The molecule has 1 spiro atoms. The number of esters is 1. The molecule has 40 heavy (non-hydrogen) atoms. The molecular formula is C32H44N2O5S. The Morgan fingerprint density at radius 2 is 2.00 bits per heavy atom. The van der Waals surface area contributed by atoms with Crippen molar-refractivity contribution in [2.45, 2.75) is 80.4 Å². The van der Waals surface area contributed by atoms with Crippen LogP contribution in [-0.2, 0) is 25.5 Å². The van der Waals surface area contributed by atoms with Crippen molar-refractivity contribution < 1.29 is 24.2 Å². The zero-order valence-electron chi connectivity index (χ0n) is 23.7. The third-order valence-corrected chi connectivity index (χ3v) is 10.6. The van der Waals surface area contributed by atoms with E-state index in [-0.39, 0.29) is 29.6 Å². The molecule has 3 heterocycles. The van der Waals surface area contributed by atoms with Crippen molar-refractivity contribution >= 4 is 29.5 Å². The summed E-state index contributed by atoms with van der Waals surface area (Å²) in [7, 11) is 0. The van der Waals surface area contributed by atoms with E-state index in [0.29, 0.717) is 32.5 Å². The van der Waals surface area contributed by atoms with E-state index in [9.17, 15) is 19.5 Å². The lowest BCUT2D eigenvalue weighted by Crippen LogP contribution is -2.58. The summed E-state index contributed by atoms with van der Waals surface area (Å²) in [5.41, 5.74) is 0.983. The molecule has 2 bridgehead atoms. The van der Waals surface area contributed by atoms with Crippen LogP contribution in [0.4, 0.5) is 0 Å². The lowest BCUT2D eigenvalue weighted by Gasteiger charge is -2.39. The molecule has 2 unspecified atom stereocenters. The minimum absolute atomic E-state index is 0.0442. The van der Waals surface area contributed by atoms with Crippen LogP contribution >= 0.6 is 11.8 Å². The average molecular weight is 569 g/mol. The average Bonchev–Trinajstić information content (AvgIpc) is 3.61. The first kappa shape index (κ1) is 30.4. The number of amides is 2. The Bertz CT molecular complexity index is 1060. The van der Waals surface area contributed by atoms with Gasteiger partial charge in [0.1, 0.15) is 6.04 Å². The molecular weight excluding hydrogens is 524 g/mol. The van der Waals surface area contributed by atoms with Crippen LogP contribution in [0.2, 0.25) is 0 Å². The van der Waals surface area contributed by atoms with E-state index in [1.165, 1.54) is 0 Å². The number of aliphatic hydroxyl groups is 1. The lowest BCUT2D eigenvalue weighted by atomic mass is 9.71. The number of benzene rings is 1. The number of rotatable bonds is 16. The SMILES string of the molecule is C=CCCCCOC(=O)[C@@H]1[C@@H]2CCC3(S2)C(C(=O)N(CC=C)CCCC)N([C@@H](CO)Cc2ccccc2)C(=O)[C@H]13. The normalized spacial score (nSPS) is 27.4. The second kappa shape index (κ2) is 13.9. The summed E-state index contributed by atoms with van der Waals surface area (Å²) >= 11 is 1.64. The van der Waals surface area contributed by atoms with Crippen molar-refractivity contribution in [3.05, 3.63) is 61.2 Å². The van der Waals surface area contributed by atoms with Gasteiger partial charge >= 0.3 is 5.97 Å². The van der Waals surface area contributed by atoms with Crippen molar-refractivity contribution in [2.75, 3.05) is 26.3 Å². The van der Waals surface area contributed by atoms with Gasteiger partial charge in [-0.2, -0.15) is 0 Å². The van der Waals surface area contributed by atoms with Gasteiger partial charge < -0.3 is 19.6 Å². The van der Waals surface area contributed by atoms with Gasteiger partial charge in [0.05, 0.1) is 35.8 Å². The minimum atomic E-state index is -0.747. The van der Waals surface area contributed by atoms with Gasteiger partial charge in [0.15, 0.2) is 0 Å². The predicted molar refractivity (Wildman–Crippen MR) is 159 cm³/mol. The number of unbranched alkanes of at least 4 members (excludes halogenated alkanes) is 3. The van der Waals surface area contributed by atoms with E-state index >= 15 is 0 Å². The first-order valence-electron chi connectivity index (χ1n) is 14.7. The first-order chi connectivity index (χ1) is 19.4. The smallest absolute Gasteiger partial charge is 0.310 e. The Morgan fingerprint density at radius 1 is 1.23 bits per heavy atom. The Morgan fingerprint density at radius 3 is 2.67 bits per heavy atom. The second-order valence-electron chi connectivity index (χ2n) is 11.2. The Hall–Kier alpha value is -2.58. The number of aliphatic hydroxyl groups excluding tert-OH is 1. The van der Waals surface area contributed by atoms with Gasteiger partial charge in [0.25, 0.3) is 0 Å². The van der Waals surface area contributed by atoms with Gasteiger partial charge in [0.2, 0.25) is 11.8 Å². The molecule has 2 amide bonds. The third kappa shape index (κ3) is 5.89. The summed E-state index contributed by atoms with van der Waals surface area (Å²) in [5.74, 6) is -1.85. The molecule has 0 aliphatic carbocycles. The largest absolute Gasteiger partial charge is 0.465 e. The monoisotopic (exact) mass is 568 g/mol. The van der Waals surface area contributed by atoms with E-state index in [1.807, 2.05) is 36.4 Å². The predicted octanol–water partition coefficient (Wildman–Crippen LogP) is 4.40. The highest BCUT2D eigenvalue weighted by atomic mass is 32.2. The standard InChI is InChI=1S/C32H44N2O5S/c1-4-7-9-13-20-39-31(38)26-25-16-17-32(40-25)27(26)29(36)34(24(22-35)21-23-14-11-10-12-15-23)28(32)30(37)33(18-6-3)19-8-5-2/h4,6,10-12,14-15,24-28,35H,1,3,5,7-9,13,16-22H2,2H3/t24-,25+,26-,27+,28?,32?/m1/s1. The highest BCUT2D eigenvalue weighted by molar-refractivity contribution is 8.02.